The van der Waals surface area contributed by atoms with Crippen LogP contribution in [0.15, 0.2) is 12.2 Å². The van der Waals surface area contributed by atoms with Crippen LogP contribution in [0.4, 0.5) is 0 Å². The summed E-state index contributed by atoms with van der Waals surface area (Å²) in [6.07, 6.45) is 2.66. The zero-order valence-electron chi connectivity index (χ0n) is 9.38. The first-order chi connectivity index (χ1) is 6.61. The molecule has 1 unspecified atom stereocenters. The van der Waals surface area contributed by atoms with Crippen molar-refractivity contribution in [3.8, 4) is 0 Å². The second-order valence-corrected chi connectivity index (χ2v) is 3.74. The average Bonchev–Trinajstić information content (AvgIpc) is 2.17. The molecule has 0 aliphatic carbocycles. The van der Waals surface area contributed by atoms with E-state index in [2.05, 4.69) is 25.7 Å². The molecule has 0 aliphatic heterocycles. The highest BCUT2D eigenvalue weighted by Gasteiger charge is 2.08. The first kappa shape index (κ1) is 13.2. The van der Waals surface area contributed by atoms with Crippen molar-refractivity contribution in [1.29, 1.82) is 0 Å². The van der Waals surface area contributed by atoms with Gasteiger partial charge in [-0.1, -0.05) is 26.0 Å². The normalized spacial score (nSPS) is 12.6. The second kappa shape index (κ2) is 7.56. The van der Waals surface area contributed by atoms with Gasteiger partial charge >= 0.3 is 0 Å². The maximum atomic E-state index is 10.1. The predicted molar refractivity (Wildman–Crippen MR) is 58.1 cm³/mol. The molecule has 0 saturated heterocycles. The summed E-state index contributed by atoms with van der Waals surface area (Å²) in [4.78, 5) is 10.1. The summed E-state index contributed by atoms with van der Waals surface area (Å²) in [6, 6.07) is 0. The van der Waals surface area contributed by atoms with E-state index in [-0.39, 0.29) is 6.10 Å². The average molecular weight is 199 g/mol. The number of carbonyl (C=O) groups excluding carboxylic acids is 1. The van der Waals surface area contributed by atoms with Crippen LogP contribution in [0.1, 0.15) is 26.7 Å². The van der Waals surface area contributed by atoms with E-state index < -0.39 is 0 Å². The molecule has 0 aromatic carbocycles. The Morgan fingerprint density at radius 1 is 1.57 bits per heavy atom. The summed E-state index contributed by atoms with van der Waals surface area (Å²) < 4.78 is 5.22. The van der Waals surface area contributed by atoms with Crippen molar-refractivity contribution < 1.29 is 9.53 Å². The first-order valence-corrected chi connectivity index (χ1v) is 4.99. The van der Waals surface area contributed by atoms with Crippen molar-refractivity contribution in [2.45, 2.75) is 32.8 Å². The molecule has 82 valence electrons. The zero-order valence-corrected chi connectivity index (χ0v) is 9.38. The molecule has 0 saturated carbocycles. The SMILES string of the molecule is C=C(CCC(CNC=O)OC)C(C)C. The highest BCUT2D eigenvalue weighted by atomic mass is 16.5. The highest BCUT2D eigenvalue weighted by Crippen LogP contribution is 2.15. The molecule has 14 heavy (non-hydrogen) atoms. The molecule has 1 atom stereocenters. The number of amides is 1. The number of ether oxygens (including phenoxy) is 1. The van der Waals surface area contributed by atoms with Gasteiger partial charge in [-0.2, -0.15) is 0 Å². The Balaban J connectivity index is 3.71. The lowest BCUT2D eigenvalue weighted by Gasteiger charge is -2.16. The molecule has 1 amide bonds. The van der Waals surface area contributed by atoms with Gasteiger partial charge < -0.3 is 10.1 Å². The maximum Gasteiger partial charge on any atom is 0.207 e. The molecule has 0 aromatic rings. The number of rotatable bonds is 8. The molecule has 0 aromatic heterocycles. The van der Waals surface area contributed by atoms with Crippen LogP contribution < -0.4 is 5.32 Å². The number of allylic oxidation sites excluding steroid dienone is 1. The monoisotopic (exact) mass is 199 g/mol. The Hall–Kier alpha value is -0.830. The van der Waals surface area contributed by atoms with E-state index in [0.29, 0.717) is 18.9 Å². The minimum absolute atomic E-state index is 0.0932. The van der Waals surface area contributed by atoms with Crippen LogP contribution in [0, 0.1) is 5.92 Å². The summed E-state index contributed by atoms with van der Waals surface area (Å²) in [7, 11) is 1.66. The zero-order chi connectivity index (χ0) is 11.0. The first-order valence-electron chi connectivity index (χ1n) is 4.99. The van der Waals surface area contributed by atoms with Crippen molar-refractivity contribution in [2.75, 3.05) is 13.7 Å². The van der Waals surface area contributed by atoms with Crippen molar-refractivity contribution in [2.24, 2.45) is 5.92 Å². The molecule has 0 heterocycles. The van der Waals surface area contributed by atoms with Crippen LogP contribution >= 0.6 is 0 Å². The predicted octanol–water partition coefficient (Wildman–Crippen LogP) is 1.74. The van der Waals surface area contributed by atoms with E-state index in [1.165, 1.54) is 5.57 Å². The van der Waals surface area contributed by atoms with E-state index in [4.69, 9.17) is 4.74 Å². The number of nitrogens with one attached hydrogen (secondary N) is 1. The van der Waals surface area contributed by atoms with Crippen molar-refractivity contribution in [3.05, 3.63) is 12.2 Å². The van der Waals surface area contributed by atoms with Crippen molar-refractivity contribution in [3.63, 3.8) is 0 Å². The largest absolute Gasteiger partial charge is 0.380 e. The minimum atomic E-state index is 0.0932. The fourth-order valence-electron chi connectivity index (χ4n) is 1.12. The fourth-order valence-corrected chi connectivity index (χ4v) is 1.12. The van der Waals surface area contributed by atoms with E-state index >= 15 is 0 Å². The Morgan fingerprint density at radius 3 is 2.64 bits per heavy atom. The van der Waals surface area contributed by atoms with Crippen molar-refractivity contribution >= 4 is 6.41 Å². The van der Waals surface area contributed by atoms with Gasteiger partial charge in [0, 0.05) is 13.7 Å². The van der Waals surface area contributed by atoms with Gasteiger partial charge in [-0.25, -0.2) is 0 Å². The summed E-state index contributed by atoms with van der Waals surface area (Å²) in [6.45, 7) is 8.84. The van der Waals surface area contributed by atoms with Gasteiger partial charge in [0.1, 0.15) is 0 Å². The van der Waals surface area contributed by atoms with Gasteiger partial charge in [0.15, 0.2) is 0 Å². The van der Waals surface area contributed by atoms with Gasteiger partial charge in [0.2, 0.25) is 6.41 Å². The second-order valence-electron chi connectivity index (χ2n) is 3.74. The molecule has 0 spiro atoms. The third-order valence-electron chi connectivity index (χ3n) is 2.37. The molecule has 0 aliphatic rings. The summed E-state index contributed by atoms with van der Waals surface area (Å²) in [5, 5.41) is 2.62. The maximum absolute atomic E-state index is 10.1. The molecular formula is C11H21NO2. The van der Waals surface area contributed by atoms with Gasteiger partial charge in [0.25, 0.3) is 0 Å². The van der Waals surface area contributed by atoms with Gasteiger partial charge in [-0.05, 0) is 18.8 Å². The van der Waals surface area contributed by atoms with Crippen LogP contribution in [0.3, 0.4) is 0 Å². The molecule has 3 heteroatoms. The lowest BCUT2D eigenvalue weighted by atomic mass is 9.99. The number of hydrogen-bond donors (Lipinski definition) is 1. The van der Waals surface area contributed by atoms with Crippen LogP contribution in [0.5, 0.6) is 0 Å². The molecule has 1 N–H and O–H groups in total. The summed E-state index contributed by atoms with van der Waals surface area (Å²) >= 11 is 0. The van der Waals surface area contributed by atoms with Crippen LogP contribution in [-0.2, 0) is 9.53 Å². The lowest BCUT2D eigenvalue weighted by molar-refractivity contribution is -0.110. The lowest BCUT2D eigenvalue weighted by Crippen LogP contribution is -2.27. The Labute approximate surface area is 86.5 Å². The quantitative estimate of drug-likeness (QED) is 0.477. The molecule has 0 fully saturated rings. The smallest absolute Gasteiger partial charge is 0.207 e. The summed E-state index contributed by atoms with van der Waals surface area (Å²) in [5.74, 6) is 0.520. The molecule has 0 bridgehead atoms. The molecule has 0 rings (SSSR count). The number of carbonyl (C=O) groups is 1. The highest BCUT2D eigenvalue weighted by molar-refractivity contribution is 5.45. The standard InChI is InChI=1S/C11H21NO2/c1-9(2)10(3)5-6-11(14-4)7-12-8-13/h8-9,11H,3,5-7H2,1-2,4H3,(H,12,13). The third kappa shape index (κ3) is 5.75. The number of methoxy groups -OCH3 is 1. The molecule has 0 radical (unpaired) electrons. The number of hydrogen-bond acceptors (Lipinski definition) is 2. The van der Waals surface area contributed by atoms with Gasteiger partial charge in [-0.3, -0.25) is 4.79 Å². The van der Waals surface area contributed by atoms with E-state index in [1.807, 2.05) is 0 Å². The Bertz CT molecular complexity index is 178. The minimum Gasteiger partial charge on any atom is -0.380 e. The van der Waals surface area contributed by atoms with E-state index in [9.17, 15) is 4.79 Å². The van der Waals surface area contributed by atoms with E-state index in [0.717, 1.165) is 12.8 Å². The van der Waals surface area contributed by atoms with Gasteiger partial charge in [-0.15, -0.1) is 0 Å². The van der Waals surface area contributed by atoms with Crippen LogP contribution in [-0.4, -0.2) is 26.2 Å². The van der Waals surface area contributed by atoms with Gasteiger partial charge in [0.05, 0.1) is 6.10 Å². The fraction of sp³-hybridized carbons (Fsp3) is 0.727. The third-order valence-corrected chi connectivity index (χ3v) is 2.37. The van der Waals surface area contributed by atoms with Crippen LogP contribution in [0.25, 0.3) is 0 Å². The van der Waals surface area contributed by atoms with Crippen LogP contribution in [0.2, 0.25) is 0 Å². The molecule has 3 nitrogen and oxygen atoms in total. The summed E-state index contributed by atoms with van der Waals surface area (Å²) in [5.41, 5.74) is 1.23. The topological polar surface area (TPSA) is 38.3 Å². The van der Waals surface area contributed by atoms with E-state index in [1.54, 1.807) is 7.11 Å². The Kier molecular flexibility index (Phi) is 7.11. The Morgan fingerprint density at radius 2 is 2.21 bits per heavy atom. The molecular weight excluding hydrogens is 178 g/mol. The van der Waals surface area contributed by atoms with Crippen molar-refractivity contribution in [1.82, 2.24) is 5.32 Å².